The van der Waals surface area contributed by atoms with Gasteiger partial charge in [0.15, 0.2) is 0 Å². The lowest BCUT2D eigenvalue weighted by Gasteiger charge is -2.31. The molecule has 0 radical (unpaired) electrons. The van der Waals surface area contributed by atoms with Gasteiger partial charge in [-0.05, 0) is 29.8 Å². The van der Waals surface area contributed by atoms with E-state index in [-0.39, 0.29) is 11.3 Å². The summed E-state index contributed by atoms with van der Waals surface area (Å²) in [4.78, 5) is 14.2. The highest BCUT2D eigenvalue weighted by Gasteiger charge is 2.24. The molecule has 1 aromatic rings. The second kappa shape index (κ2) is 6.17. The molecule has 0 spiro atoms. The van der Waals surface area contributed by atoms with Gasteiger partial charge in [0.05, 0.1) is 5.56 Å². The molecule has 4 heteroatoms. The summed E-state index contributed by atoms with van der Waals surface area (Å²) in [5.74, 6) is 0.120. The third kappa shape index (κ3) is 4.13. The molecule has 1 aromatic heterocycles. The molecule has 0 atom stereocenters. The smallest absolute Gasteiger partial charge is 0.254 e. The number of amides is 1. The van der Waals surface area contributed by atoms with E-state index in [0.29, 0.717) is 13.1 Å². The van der Waals surface area contributed by atoms with Gasteiger partial charge in [0.25, 0.3) is 5.91 Å². The summed E-state index contributed by atoms with van der Waals surface area (Å²) in [6.07, 6.45) is 0.969. The largest absolute Gasteiger partial charge is 0.338 e. The highest BCUT2D eigenvalue weighted by molar-refractivity contribution is 7.08. The van der Waals surface area contributed by atoms with Crippen molar-refractivity contribution in [2.45, 2.75) is 27.2 Å². The van der Waals surface area contributed by atoms with Crippen LogP contribution in [0.15, 0.2) is 16.8 Å². The Morgan fingerprint density at radius 1 is 1.53 bits per heavy atom. The van der Waals surface area contributed by atoms with Gasteiger partial charge < -0.3 is 10.6 Å². The Hall–Kier alpha value is -0.870. The second-order valence-electron chi connectivity index (χ2n) is 5.11. The molecular formula is C13H22N2OS. The number of nitrogens with zero attached hydrogens (tertiary/aromatic N) is 1. The van der Waals surface area contributed by atoms with Gasteiger partial charge in [-0.15, -0.1) is 0 Å². The lowest BCUT2D eigenvalue weighted by molar-refractivity contribution is 0.0690. The molecule has 1 amide bonds. The van der Waals surface area contributed by atoms with Crippen LogP contribution in [0.5, 0.6) is 0 Å². The van der Waals surface area contributed by atoms with E-state index in [2.05, 4.69) is 20.8 Å². The van der Waals surface area contributed by atoms with Crippen LogP contribution in [0.2, 0.25) is 0 Å². The number of hydrogen-bond donors (Lipinski definition) is 1. The molecule has 3 nitrogen and oxygen atoms in total. The van der Waals surface area contributed by atoms with Crippen molar-refractivity contribution in [2.75, 3.05) is 19.6 Å². The molecule has 1 heterocycles. The van der Waals surface area contributed by atoms with Crippen molar-refractivity contribution in [3.8, 4) is 0 Å². The minimum atomic E-state index is -0.0269. The van der Waals surface area contributed by atoms with E-state index < -0.39 is 0 Å². The summed E-state index contributed by atoms with van der Waals surface area (Å²) < 4.78 is 0. The van der Waals surface area contributed by atoms with Crippen LogP contribution in [0.3, 0.4) is 0 Å². The van der Waals surface area contributed by atoms with E-state index in [1.807, 2.05) is 21.7 Å². The zero-order valence-electron chi connectivity index (χ0n) is 10.9. The molecule has 0 aliphatic rings. The predicted octanol–water partition coefficient (Wildman–Crippen LogP) is 2.59. The summed E-state index contributed by atoms with van der Waals surface area (Å²) in [5.41, 5.74) is 6.49. The molecular weight excluding hydrogens is 232 g/mol. The maximum absolute atomic E-state index is 12.3. The van der Waals surface area contributed by atoms with Crippen LogP contribution in [0, 0.1) is 5.41 Å². The third-order valence-corrected chi connectivity index (χ3v) is 3.40. The Bertz CT molecular complexity index is 346. The highest BCUT2D eigenvalue weighted by Crippen LogP contribution is 2.18. The molecule has 17 heavy (non-hydrogen) atoms. The Morgan fingerprint density at radius 3 is 2.71 bits per heavy atom. The van der Waals surface area contributed by atoms with Crippen LogP contribution in [0.1, 0.15) is 37.6 Å². The normalized spacial score (nSPS) is 11.5. The van der Waals surface area contributed by atoms with Crippen molar-refractivity contribution in [1.29, 1.82) is 0 Å². The molecule has 0 fully saturated rings. The van der Waals surface area contributed by atoms with Gasteiger partial charge in [-0.1, -0.05) is 20.8 Å². The summed E-state index contributed by atoms with van der Waals surface area (Å²) in [6.45, 7) is 8.37. The molecule has 0 aliphatic carbocycles. The lowest BCUT2D eigenvalue weighted by atomic mass is 9.93. The van der Waals surface area contributed by atoms with Crippen molar-refractivity contribution >= 4 is 17.2 Å². The zero-order chi connectivity index (χ0) is 12.9. The number of carbonyl (C=O) groups excluding carboxylic acids is 1. The molecule has 2 N–H and O–H groups in total. The minimum Gasteiger partial charge on any atom is -0.338 e. The summed E-state index contributed by atoms with van der Waals surface area (Å²) in [5, 5.41) is 3.84. The van der Waals surface area contributed by atoms with Gasteiger partial charge >= 0.3 is 0 Å². The monoisotopic (exact) mass is 254 g/mol. The van der Waals surface area contributed by atoms with Gasteiger partial charge in [0, 0.05) is 18.5 Å². The van der Waals surface area contributed by atoms with Crippen LogP contribution in [0.25, 0.3) is 0 Å². The topological polar surface area (TPSA) is 46.3 Å². The molecule has 1 rings (SSSR count). The van der Waals surface area contributed by atoms with Crippen molar-refractivity contribution in [1.82, 2.24) is 4.90 Å². The average Bonchev–Trinajstić information content (AvgIpc) is 2.81. The minimum absolute atomic E-state index is 0.0269. The number of hydrogen-bond acceptors (Lipinski definition) is 3. The average molecular weight is 254 g/mol. The van der Waals surface area contributed by atoms with Crippen molar-refractivity contribution in [3.05, 3.63) is 22.4 Å². The zero-order valence-corrected chi connectivity index (χ0v) is 11.7. The Labute approximate surface area is 108 Å². The molecule has 0 aromatic carbocycles. The first-order chi connectivity index (χ1) is 8.00. The molecule has 0 saturated carbocycles. The van der Waals surface area contributed by atoms with Crippen LogP contribution in [-0.4, -0.2) is 30.4 Å². The Kier molecular flexibility index (Phi) is 5.15. The van der Waals surface area contributed by atoms with E-state index in [4.69, 9.17) is 5.73 Å². The number of thiophene rings is 1. The molecule has 0 unspecified atom stereocenters. The number of carbonyl (C=O) groups is 1. The molecule has 0 bridgehead atoms. The Morgan fingerprint density at radius 2 is 2.24 bits per heavy atom. The third-order valence-electron chi connectivity index (χ3n) is 2.72. The van der Waals surface area contributed by atoms with E-state index in [1.54, 1.807) is 11.3 Å². The standard InChI is InChI=1S/C13H22N2OS/c1-4-6-15(10-13(2,3)9-14)12(16)11-5-7-17-8-11/h5,7-8H,4,6,9-10,14H2,1-3H3. The van der Waals surface area contributed by atoms with Gasteiger partial charge in [-0.3, -0.25) is 4.79 Å². The second-order valence-corrected chi connectivity index (χ2v) is 5.89. The van der Waals surface area contributed by atoms with Gasteiger partial charge in [0.2, 0.25) is 0 Å². The Balaban J connectivity index is 2.75. The molecule has 0 aliphatic heterocycles. The maximum Gasteiger partial charge on any atom is 0.254 e. The van der Waals surface area contributed by atoms with Crippen molar-refractivity contribution in [3.63, 3.8) is 0 Å². The van der Waals surface area contributed by atoms with Gasteiger partial charge in [0.1, 0.15) is 0 Å². The predicted molar refractivity (Wildman–Crippen MR) is 73.3 cm³/mol. The van der Waals surface area contributed by atoms with Gasteiger partial charge in [-0.2, -0.15) is 11.3 Å². The van der Waals surface area contributed by atoms with Crippen molar-refractivity contribution in [2.24, 2.45) is 11.1 Å². The van der Waals surface area contributed by atoms with E-state index in [0.717, 1.165) is 18.5 Å². The van der Waals surface area contributed by atoms with Crippen LogP contribution < -0.4 is 5.73 Å². The first-order valence-corrected chi connectivity index (χ1v) is 6.96. The summed E-state index contributed by atoms with van der Waals surface area (Å²) >= 11 is 1.55. The number of nitrogens with two attached hydrogens (primary N) is 1. The fraction of sp³-hybridized carbons (Fsp3) is 0.615. The highest BCUT2D eigenvalue weighted by atomic mass is 32.1. The lowest BCUT2D eigenvalue weighted by Crippen LogP contribution is -2.42. The van der Waals surface area contributed by atoms with E-state index in [1.165, 1.54) is 0 Å². The van der Waals surface area contributed by atoms with Crippen molar-refractivity contribution < 1.29 is 4.79 Å². The fourth-order valence-electron chi connectivity index (χ4n) is 1.67. The summed E-state index contributed by atoms with van der Waals surface area (Å²) in [7, 11) is 0. The quantitative estimate of drug-likeness (QED) is 0.848. The van der Waals surface area contributed by atoms with Crippen LogP contribution in [0.4, 0.5) is 0 Å². The maximum atomic E-state index is 12.3. The van der Waals surface area contributed by atoms with Gasteiger partial charge in [-0.25, -0.2) is 0 Å². The van der Waals surface area contributed by atoms with E-state index >= 15 is 0 Å². The van der Waals surface area contributed by atoms with Crippen LogP contribution >= 0.6 is 11.3 Å². The summed E-state index contributed by atoms with van der Waals surface area (Å²) in [6, 6.07) is 1.88. The molecule has 0 saturated heterocycles. The number of rotatable bonds is 6. The first-order valence-electron chi connectivity index (χ1n) is 6.01. The van der Waals surface area contributed by atoms with Crippen LogP contribution in [-0.2, 0) is 0 Å². The SMILES string of the molecule is CCCN(CC(C)(C)CN)C(=O)c1ccsc1. The van der Waals surface area contributed by atoms with E-state index in [9.17, 15) is 4.79 Å². The first kappa shape index (κ1) is 14.2. The fourth-order valence-corrected chi connectivity index (χ4v) is 2.30. The molecule has 96 valence electrons.